The van der Waals surface area contributed by atoms with E-state index in [1.807, 2.05) is 0 Å². The summed E-state index contributed by atoms with van der Waals surface area (Å²) in [5.74, 6) is 0. The number of rotatable bonds is 6. The van der Waals surface area contributed by atoms with Gasteiger partial charge in [0.25, 0.3) is 0 Å². The van der Waals surface area contributed by atoms with Crippen molar-refractivity contribution < 1.29 is 4.43 Å². The summed E-state index contributed by atoms with van der Waals surface area (Å²) >= 11 is 0. The Bertz CT molecular complexity index is 42.2. The third kappa shape index (κ3) is 8.18. The van der Waals surface area contributed by atoms with Crippen molar-refractivity contribution in [3.8, 4) is 0 Å². The van der Waals surface area contributed by atoms with Gasteiger partial charge in [0.2, 0.25) is 9.76 Å². The largest absolute Gasteiger partial charge is 0.421 e. The van der Waals surface area contributed by atoms with E-state index in [4.69, 9.17) is 4.43 Å². The van der Waals surface area contributed by atoms with Gasteiger partial charge in [-0.25, -0.2) is 0 Å². The molecule has 0 aromatic carbocycles. The molecule has 0 rings (SSSR count). The van der Waals surface area contributed by atoms with Crippen LogP contribution in [-0.4, -0.2) is 16.9 Å². The van der Waals surface area contributed by atoms with E-state index in [-0.39, 0.29) is 0 Å². The minimum atomic E-state index is 0.726. The Balaban J connectivity index is 2.60. The molecule has 0 heterocycles. The molecule has 0 aromatic heterocycles. The molecule has 0 spiro atoms. The van der Waals surface area contributed by atoms with Crippen LogP contribution in [0.4, 0.5) is 0 Å². The Morgan fingerprint density at radius 1 is 1.22 bits per heavy atom. The van der Waals surface area contributed by atoms with Crippen LogP contribution in [0.2, 0.25) is 6.04 Å². The van der Waals surface area contributed by atoms with Gasteiger partial charge in [0, 0.05) is 7.11 Å². The SMILES string of the molecule is CCCCCC[Si]OC. The quantitative estimate of drug-likeness (QED) is 0.410. The Morgan fingerprint density at radius 2 is 2.00 bits per heavy atom. The lowest BCUT2D eigenvalue weighted by atomic mass is 10.2. The molecule has 9 heavy (non-hydrogen) atoms. The fourth-order valence-corrected chi connectivity index (χ4v) is 1.32. The molecule has 2 radical (unpaired) electrons. The number of hydrogen-bond acceptors (Lipinski definition) is 1. The average molecular weight is 144 g/mol. The molecule has 0 bridgehead atoms. The highest BCUT2D eigenvalue weighted by molar-refractivity contribution is 6.26. The van der Waals surface area contributed by atoms with Crippen LogP contribution in [-0.2, 0) is 4.43 Å². The Kier molecular flexibility index (Phi) is 8.34. The third-order valence-electron chi connectivity index (χ3n) is 1.28. The van der Waals surface area contributed by atoms with Gasteiger partial charge in [0.15, 0.2) is 0 Å². The molecule has 0 atom stereocenters. The van der Waals surface area contributed by atoms with Gasteiger partial charge in [0.1, 0.15) is 0 Å². The van der Waals surface area contributed by atoms with Crippen LogP contribution >= 0.6 is 0 Å². The van der Waals surface area contributed by atoms with Crippen LogP contribution < -0.4 is 0 Å². The summed E-state index contributed by atoms with van der Waals surface area (Å²) in [5, 5.41) is 0. The first kappa shape index (κ1) is 9.18. The average Bonchev–Trinajstić information content (AvgIpc) is 1.89. The van der Waals surface area contributed by atoms with Gasteiger partial charge in [-0.1, -0.05) is 32.6 Å². The monoisotopic (exact) mass is 144 g/mol. The van der Waals surface area contributed by atoms with Crippen molar-refractivity contribution in [3.05, 3.63) is 0 Å². The van der Waals surface area contributed by atoms with Gasteiger partial charge in [-0.15, -0.1) is 0 Å². The highest BCUT2D eigenvalue weighted by atomic mass is 28.2. The Morgan fingerprint density at radius 3 is 2.56 bits per heavy atom. The minimum absolute atomic E-state index is 0.726. The molecule has 0 N–H and O–H groups in total. The molecule has 2 heteroatoms. The smallest absolute Gasteiger partial charge is 0.229 e. The first-order valence-electron chi connectivity index (χ1n) is 3.67. The van der Waals surface area contributed by atoms with E-state index in [1.54, 1.807) is 7.11 Å². The highest BCUT2D eigenvalue weighted by Gasteiger charge is 1.88. The molecular formula is C7H16OSi. The second kappa shape index (κ2) is 8.18. The Labute approximate surface area is 60.7 Å². The lowest BCUT2D eigenvalue weighted by Gasteiger charge is -1.95. The summed E-state index contributed by atoms with van der Waals surface area (Å²) in [7, 11) is 2.50. The first-order chi connectivity index (χ1) is 4.41. The molecule has 0 aliphatic rings. The molecule has 0 saturated heterocycles. The first-order valence-corrected chi connectivity index (χ1v) is 4.79. The predicted molar refractivity (Wildman–Crippen MR) is 41.7 cm³/mol. The lowest BCUT2D eigenvalue weighted by Crippen LogP contribution is -1.91. The number of hydrogen-bond donors (Lipinski definition) is 0. The zero-order valence-corrected chi connectivity index (χ0v) is 7.44. The van der Waals surface area contributed by atoms with Gasteiger partial charge in [0.05, 0.1) is 0 Å². The van der Waals surface area contributed by atoms with Crippen LogP contribution in [0.5, 0.6) is 0 Å². The van der Waals surface area contributed by atoms with Crippen molar-refractivity contribution in [3.63, 3.8) is 0 Å². The highest BCUT2D eigenvalue weighted by Crippen LogP contribution is 2.01. The van der Waals surface area contributed by atoms with Crippen molar-refractivity contribution >= 4 is 9.76 Å². The molecule has 0 aromatic rings. The van der Waals surface area contributed by atoms with Crippen LogP contribution in [0, 0.1) is 0 Å². The lowest BCUT2D eigenvalue weighted by molar-refractivity contribution is 0.438. The van der Waals surface area contributed by atoms with Crippen LogP contribution in [0.25, 0.3) is 0 Å². The van der Waals surface area contributed by atoms with E-state index < -0.39 is 0 Å². The molecule has 0 aliphatic heterocycles. The normalized spacial score (nSPS) is 10.0. The second-order valence-corrected chi connectivity index (χ2v) is 3.36. The summed E-state index contributed by atoms with van der Waals surface area (Å²) in [6.45, 7) is 2.23. The zero-order valence-electron chi connectivity index (χ0n) is 6.44. The molecule has 0 fully saturated rings. The molecular weight excluding hydrogens is 128 g/mol. The van der Waals surface area contributed by atoms with Crippen molar-refractivity contribution in [1.82, 2.24) is 0 Å². The van der Waals surface area contributed by atoms with E-state index in [0.29, 0.717) is 0 Å². The molecule has 1 nitrogen and oxygen atoms in total. The summed E-state index contributed by atoms with van der Waals surface area (Å²) in [6, 6.07) is 1.26. The van der Waals surface area contributed by atoms with E-state index in [0.717, 1.165) is 9.76 Å². The van der Waals surface area contributed by atoms with Crippen molar-refractivity contribution in [2.45, 2.75) is 38.7 Å². The second-order valence-electron chi connectivity index (χ2n) is 2.16. The van der Waals surface area contributed by atoms with Crippen LogP contribution in [0.3, 0.4) is 0 Å². The van der Waals surface area contributed by atoms with Gasteiger partial charge < -0.3 is 4.43 Å². The minimum Gasteiger partial charge on any atom is -0.421 e. The van der Waals surface area contributed by atoms with E-state index in [1.165, 1.54) is 31.7 Å². The molecule has 0 amide bonds. The van der Waals surface area contributed by atoms with Crippen molar-refractivity contribution in [1.29, 1.82) is 0 Å². The summed E-state index contributed by atoms with van der Waals surface area (Å²) in [5.41, 5.74) is 0. The third-order valence-corrected chi connectivity index (χ3v) is 2.12. The maximum absolute atomic E-state index is 4.95. The fourth-order valence-electron chi connectivity index (χ4n) is 0.726. The standard InChI is InChI=1S/C7H16OSi/c1-3-4-5-6-7-9-8-2/h3-7H2,1-2H3. The fraction of sp³-hybridized carbons (Fsp3) is 1.00. The van der Waals surface area contributed by atoms with Gasteiger partial charge >= 0.3 is 0 Å². The molecule has 54 valence electrons. The van der Waals surface area contributed by atoms with Crippen molar-refractivity contribution in [2.75, 3.05) is 7.11 Å². The van der Waals surface area contributed by atoms with Crippen LogP contribution in [0.1, 0.15) is 32.6 Å². The van der Waals surface area contributed by atoms with E-state index in [9.17, 15) is 0 Å². The van der Waals surface area contributed by atoms with Gasteiger partial charge in [-0.3, -0.25) is 0 Å². The van der Waals surface area contributed by atoms with Crippen molar-refractivity contribution in [2.24, 2.45) is 0 Å². The molecule has 0 saturated carbocycles. The predicted octanol–water partition coefficient (Wildman–Crippen LogP) is 2.25. The topological polar surface area (TPSA) is 9.23 Å². The van der Waals surface area contributed by atoms with Gasteiger partial charge in [-0.05, 0) is 6.04 Å². The van der Waals surface area contributed by atoms with E-state index in [2.05, 4.69) is 6.92 Å². The summed E-state index contributed by atoms with van der Waals surface area (Å²) < 4.78 is 4.95. The molecule has 0 aliphatic carbocycles. The molecule has 0 unspecified atom stereocenters. The summed E-state index contributed by atoms with van der Waals surface area (Å²) in [4.78, 5) is 0. The van der Waals surface area contributed by atoms with Gasteiger partial charge in [-0.2, -0.15) is 0 Å². The Hall–Kier alpha value is 0.177. The zero-order chi connectivity index (χ0) is 6.95. The number of unbranched alkanes of at least 4 members (excludes halogenated alkanes) is 3. The van der Waals surface area contributed by atoms with Crippen LogP contribution in [0.15, 0.2) is 0 Å². The van der Waals surface area contributed by atoms with E-state index >= 15 is 0 Å². The summed E-state index contributed by atoms with van der Waals surface area (Å²) in [6.07, 6.45) is 5.44. The maximum atomic E-state index is 4.95. The maximum Gasteiger partial charge on any atom is 0.229 e.